The fraction of sp³-hybridized carbons (Fsp3) is 0.417. The van der Waals surface area contributed by atoms with Gasteiger partial charge in [0.25, 0.3) is 0 Å². The van der Waals surface area contributed by atoms with E-state index in [9.17, 15) is 4.79 Å². The summed E-state index contributed by atoms with van der Waals surface area (Å²) in [5.74, 6) is 1.36. The van der Waals surface area contributed by atoms with Crippen molar-refractivity contribution in [2.45, 2.75) is 24.9 Å². The number of para-hydroxylation sites is 1. The number of carbonyl (C=O) groups excluding carboxylic acids is 1. The molecule has 1 aromatic rings. The van der Waals surface area contributed by atoms with E-state index in [1.54, 1.807) is 0 Å². The average molecular weight is 234 g/mol. The lowest BCUT2D eigenvalue weighted by atomic mass is 10.1. The van der Waals surface area contributed by atoms with Crippen molar-refractivity contribution in [2.75, 3.05) is 6.79 Å². The summed E-state index contributed by atoms with van der Waals surface area (Å²) in [6, 6.07) is 5.63. The number of hydrogen-bond acceptors (Lipinski definition) is 4. The molecule has 3 N–H and O–H groups in total. The number of carbonyl (C=O) groups is 1. The zero-order valence-electron chi connectivity index (χ0n) is 9.36. The summed E-state index contributed by atoms with van der Waals surface area (Å²) in [7, 11) is 0. The summed E-state index contributed by atoms with van der Waals surface area (Å²) in [5, 5.41) is 2.83. The first-order valence-corrected chi connectivity index (χ1v) is 5.64. The Morgan fingerprint density at radius 3 is 3.00 bits per heavy atom. The van der Waals surface area contributed by atoms with Gasteiger partial charge in [-0.15, -0.1) is 0 Å². The van der Waals surface area contributed by atoms with Gasteiger partial charge in [-0.05, 0) is 18.9 Å². The molecule has 1 heterocycles. The van der Waals surface area contributed by atoms with E-state index in [0.29, 0.717) is 6.54 Å². The molecule has 1 saturated carbocycles. The van der Waals surface area contributed by atoms with Gasteiger partial charge >= 0.3 is 0 Å². The molecule has 5 heteroatoms. The third-order valence-corrected chi connectivity index (χ3v) is 3.16. The summed E-state index contributed by atoms with van der Waals surface area (Å²) >= 11 is 0. The predicted molar refractivity (Wildman–Crippen MR) is 60.6 cm³/mol. The minimum Gasteiger partial charge on any atom is -0.454 e. The SMILES string of the molecule is NC1(C(=O)NCc2cccc3c2OCO3)CC1. The zero-order chi connectivity index (χ0) is 11.9. The number of amides is 1. The minimum atomic E-state index is -0.630. The van der Waals surface area contributed by atoms with Crippen molar-refractivity contribution in [3.63, 3.8) is 0 Å². The lowest BCUT2D eigenvalue weighted by Crippen LogP contribution is -2.42. The Morgan fingerprint density at radius 2 is 2.24 bits per heavy atom. The normalized spacial score (nSPS) is 18.9. The predicted octanol–water partition coefficient (Wildman–Crippen LogP) is 0.523. The molecule has 17 heavy (non-hydrogen) atoms. The maximum atomic E-state index is 11.7. The number of ether oxygens (including phenoxy) is 2. The lowest BCUT2D eigenvalue weighted by Gasteiger charge is -2.11. The quantitative estimate of drug-likeness (QED) is 0.799. The van der Waals surface area contributed by atoms with Crippen LogP contribution in [-0.4, -0.2) is 18.2 Å². The summed E-state index contributed by atoms with van der Waals surface area (Å²) in [6.07, 6.45) is 1.54. The minimum absolute atomic E-state index is 0.0889. The molecule has 0 saturated heterocycles. The molecule has 0 radical (unpaired) electrons. The Hall–Kier alpha value is -1.75. The Morgan fingerprint density at radius 1 is 1.41 bits per heavy atom. The van der Waals surface area contributed by atoms with Crippen LogP contribution in [-0.2, 0) is 11.3 Å². The van der Waals surface area contributed by atoms with E-state index < -0.39 is 5.54 Å². The molecule has 3 rings (SSSR count). The maximum absolute atomic E-state index is 11.7. The molecule has 0 unspecified atom stereocenters. The van der Waals surface area contributed by atoms with Gasteiger partial charge in [0.1, 0.15) is 0 Å². The topological polar surface area (TPSA) is 73.6 Å². The van der Waals surface area contributed by atoms with Gasteiger partial charge in [0.05, 0.1) is 5.54 Å². The first-order valence-electron chi connectivity index (χ1n) is 5.64. The monoisotopic (exact) mass is 234 g/mol. The second-order valence-corrected chi connectivity index (χ2v) is 4.49. The van der Waals surface area contributed by atoms with Crippen LogP contribution in [0, 0.1) is 0 Å². The fourth-order valence-electron chi connectivity index (χ4n) is 1.84. The number of hydrogen-bond donors (Lipinski definition) is 2. The Kier molecular flexibility index (Phi) is 2.22. The molecule has 2 aliphatic rings. The van der Waals surface area contributed by atoms with Gasteiger partial charge in [0.2, 0.25) is 12.7 Å². The van der Waals surface area contributed by atoms with E-state index in [0.717, 1.165) is 29.9 Å². The molecule has 1 fully saturated rings. The van der Waals surface area contributed by atoms with Crippen LogP contribution in [0.25, 0.3) is 0 Å². The molecule has 1 amide bonds. The zero-order valence-corrected chi connectivity index (χ0v) is 9.36. The first-order chi connectivity index (χ1) is 8.19. The van der Waals surface area contributed by atoms with Gasteiger partial charge in [0.15, 0.2) is 11.5 Å². The molecule has 90 valence electrons. The standard InChI is InChI=1S/C12H14N2O3/c13-12(4-5-12)11(15)14-6-8-2-1-3-9-10(8)17-7-16-9/h1-3H,4-7,13H2,(H,14,15). The summed E-state index contributed by atoms with van der Waals surface area (Å²) in [5.41, 5.74) is 6.08. The van der Waals surface area contributed by atoms with Crippen LogP contribution < -0.4 is 20.5 Å². The molecular weight excluding hydrogens is 220 g/mol. The Balaban J connectivity index is 1.69. The third kappa shape index (κ3) is 1.82. The van der Waals surface area contributed by atoms with Crippen molar-refractivity contribution < 1.29 is 14.3 Å². The number of benzene rings is 1. The van der Waals surface area contributed by atoms with Gasteiger partial charge in [0, 0.05) is 12.1 Å². The van der Waals surface area contributed by atoms with Crippen LogP contribution in [0.3, 0.4) is 0 Å². The van der Waals surface area contributed by atoms with E-state index in [2.05, 4.69) is 5.32 Å². The second kappa shape index (κ2) is 3.63. The second-order valence-electron chi connectivity index (χ2n) is 4.49. The fourth-order valence-corrected chi connectivity index (χ4v) is 1.84. The van der Waals surface area contributed by atoms with E-state index in [1.807, 2.05) is 18.2 Å². The molecule has 0 bridgehead atoms. The van der Waals surface area contributed by atoms with Crippen LogP contribution in [0.4, 0.5) is 0 Å². The van der Waals surface area contributed by atoms with Crippen LogP contribution in [0.15, 0.2) is 18.2 Å². The van der Waals surface area contributed by atoms with Gasteiger partial charge in [-0.2, -0.15) is 0 Å². The number of rotatable bonds is 3. The Bertz CT molecular complexity index is 469. The third-order valence-electron chi connectivity index (χ3n) is 3.16. The van der Waals surface area contributed by atoms with E-state index in [4.69, 9.17) is 15.2 Å². The number of fused-ring (bicyclic) bond motifs is 1. The Labute approximate surface area is 98.9 Å². The van der Waals surface area contributed by atoms with Crippen molar-refractivity contribution in [1.82, 2.24) is 5.32 Å². The highest BCUT2D eigenvalue weighted by molar-refractivity contribution is 5.89. The molecular formula is C12H14N2O3. The van der Waals surface area contributed by atoms with Gasteiger partial charge in [-0.1, -0.05) is 12.1 Å². The largest absolute Gasteiger partial charge is 0.454 e. The van der Waals surface area contributed by atoms with Crippen molar-refractivity contribution in [3.05, 3.63) is 23.8 Å². The van der Waals surface area contributed by atoms with Crippen LogP contribution in [0.5, 0.6) is 11.5 Å². The van der Waals surface area contributed by atoms with Crippen molar-refractivity contribution in [2.24, 2.45) is 5.73 Å². The van der Waals surface area contributed by atoms with Crippen molar-refractivity contribution in [3.8, 4) is 11.5 Å². The van der Waals surface area contributed by atoms with Crippen molar-refractivity contribution in [1.29, 1.82) is 0 Å². The lowest BCUT2D eigenvalue weighted by molar-refractivity contribution is -0.123. The highest BCUT2D eigenvalue weighted by atomic mass is 16.7. The molecule has 5 nitrogen and oxygen atoms in total. The van der Waals surface area contributed by atoms with E-state index in [1.165, 1.54) is 0 Å². The molecule has 1 aliphatic heterocycles. The van der Waals surface area contributed by atoms with Gasteiger partial charge in [-0.3, -0.25) is 4.79 Å². The van der Waals surface area contributed by atoms with Crippen molar-refractivity contribution >= 4 is 5.91 Å². The maximum Gasteiger partial charge on any atom is 0.240 e. The van der Waals surface area contributed by atoms with Crippen LogP contribution >= 0.6 is 0 Å². The molecule has 1 aromatic carbocycles. The molecule has 0 aromatic heterocycles. The first kappa shape index (κ1) is 10.4. The van der Waals surface area contributed by atoms with E-state index >= 15 is 0 Å². The average Bonchev–Trinajstić information content (AvgIpc) is 2.92. The highest BCUT2D eigenvalue weighted by Crippen LogP contribution is 2.36. The summed E-state index contributed by atoms with van der Waals surface area (Å²) in [4.78, 5) is 11.7. The van der Waals surface area contributed by atoms with Crippen LogP contribution in [0.2, 0.25) is 0 Å². The summed E-state index contributed by atoms with van der Waals surface area (Å²) in [6.45, 7) is 0.658. The van der Waals surface area contributed by atoms with Gasteiger partial charge in [-0.25, -0.2) is 0 Å². The molecule has 0 atom stereocenters. The van der Waals surface area contributed by atoms with E-state index in [-0.39, 0.29) is 12.7 Å². The van der Waals surface area contributed by atoms with Crippen LogP contribution in [0.1, 0.15) is 18.4 Å². The number of nitrogens with one attached hydrogen (secondary N) is 1. The molecule has 0 spiro atoms. The van der Waals surface area contributed by atoms with Gasteiger partial charge < -0.3 is 20.5 Å². The smallest absolute Gasteiger partial charge is 0.240 e. The highest BCUT2D eigenvalue weighted by Gasteiger charge is 2.45. The number of nitrogens with two attached hydrogens (primary N) is 1. The summed E-state index contributed by atoms with van der Waals surface area (Å²) < 4.78 is 10.6. The molecule has 1 aliphatic carbocycles.